The molecule has 0 spiro atoms. The largest absolute Gasteiger partial charge is 0.460 e. The quantitative estimate of drug-likeness (QED) is 0.688. The van der Waals surface area contributed by atoms with E-state index < -0.39 is 0 Å². The van der Waals surface area contributed by atoms with E-state index in [0.717, 1.165) is 11.1 Å². The van der Waals surface area contributed by atoms with Crippen LogP contribution in [0.4, 0.5) is 5.69 Å². The van der Waals surface area contributed by atoms with Gasteiger partial charge in [-0.3, -0.25) is 4.79 Å². The third-order valence-electron chi connectivity index (χ3n) is 3.06. The van der Waals surface area contributed by atoms with Gasteiger partial charge in [-0.15, -0.1) is 0 Å². The van der Waals surface area contributed by atoms with Crippen molar-refractivity contribution in [3.8, 4) is 0 Å². The number of anilines is 1. The molecule has 0 saturated carbocycles. The van der Waals surface area contributed by atoms with Crippen molar-refractivity contribution in [2.24, 2.45) is 0 Å². The minimum atomic E-state index is -0.342. The number of carbonyl (C=O) groups excluding carboxylic acids is 1. The lowest BCUT2D eigenvalue weighted by Gasteiger charge is -2.12. The maximum absolute atomic E-state index is 12.0. The van der Waals surface area contributed by atoms with Gasteiger partial charge in [0.15, 0.2) is 0 Å². The normalized spacial score (nSPS) is 11.9. The van der Waals surface area contributed by atoms with E-state index in [1.54, 1.807) is 31.2 Å². The maximum Gasteiger partial charge on any atom is 0.313 e. The van der Waals surface area contributed by atoms with Crippen LogP contribution >= 0.6 is 11.6 Å². The molecule has 2 aromatic carbocycles. The van der Waals surface area contributed by atoms with E-state index in [-0.39, 0.29) is 18.5 Å². The van der Waals surface area contributed by atoms with Crippen LogP contribution in [-0.4, -0.2) is 5.97 Å². The van der Waals surface area contributed by atoms with E-state index in [9.17, 15) is 4.79 Å². The molecule has 20 heavy (non-hydrogen) atoms. The van der Waals surface area contributed by atoms with E-state index in [0.29, 0.717) is 10.7 Å². The Morgan fingerprint density at radius 2 is 1.95 bits per heavy atom. The fraction of sp³-hybridized carbons (Fsp3) is 0.188. The molecule has 3 nitrogen and oxygen atoms in total. The summed E-state index contributed by atoms with van der Waals surface area (Å²) in [4.78, 5) is 12.0. The highest BCUT2D eigenvalue weighted by molar-refractivity contribution is 6.30. The van der Waals surface area contributed by atoms with Crippen LogP contribution < -0.4 is 5.73 Å². The summed E-state index contributed by atoms with van der Waals surface area (Å²) in [5.74, 6) is -0.614. The standard InChI is InChI=1S/C16H16ClNO2/c1-11(13-3-2-4-15(18)9-13)16(19)20-10-12-5-7-14(17)8-6-12/h2-9,11H,10,18H2,1H3. The molecular weight excluding hydrogens is 274 g/mol. The second kappa shape index (κ2) is 6.44. The van der Waals surface area contributed by atoms with E-state index >= 15 is 0 Å². The topological polar surface area (TPSA) is 52.3 Å². The SMILES string of the molecule is CC(C(=O)OCc1ccc(Cl)cc1)c1cccc(N)c1. The zero-order chi connectivity index (χ0) is 14.5. The lowest BCUT2D eigenvalue weighted by molar-refractivity contribution is -0.146. The van der Waals surface area contributed by atoms with Gasteiger partial charge in [0.2, 0.25) is 0 Å². The Bertz CT molecular complexity index is 596. The molecule has 2 rings (SSSR count). The van der Waals surface area contributed by atoms with Gasteiger partial charge >= 0.3 is 5.97 Å². The van der Waals surface area contributed by atoms with Crippen LogP contribution in [0.25, 0.3) is 0 Å². The predicted octanol–water partition coefficient (Wildman–Crippen LogP) is 3.77. The summed E-state index contributed by atoms with van der Waals surface area (Å²) in [6.45, 7) is 2.04. The molecular formula is C16H16ClNO2. The highest BCUT2D eigenvalue weighted by Gasteiger charge is 2.16. The molecule has 0 aromatic heterocycles. The van der Waals surface area contributed by atoms with Gasteiger partial charge in [0.05, 0.1) is 5.92 Å². The first kappa shape index (κ1) is 14.4. The van der Waals surface area contributed by atoms with E-state index in [2.05, 4.69) is 0 Å². The van der Waals surface area contributed by atoms with Crippen molar-refractivity contribution < 1.29 is 9.53 Å². The fourth-order valence-corrected chi connectivity index (χ4v) is 1.95. The Morgan fingerprint density at radius 1 is 1.25 bits per heavy atom. The summed E-state index contributed by atoms with van der Waals surface area (Å²) in [6.07, 6.45) is 0. The molecule has 1 unspecified atom stereocenters. The number of ether oxygens (including phenoxy) is 1. The van der Waals surface area contributed by atoms with Gasteiger partial charge in [-0.05, 0) is 42.3 Å². The van der Waals surface area contributed by atoms with Crippen LogP contribution in [0.15, 0.2) is 48.5 Å². The molecule has 0 amide bonds. The smallest absolute Gasteiger partial charge is 0.313 e. The first-order chi connectivity index (χ1) is 9.56. The van der Waals surface area contributed by atoms with E-state index in [1.807, 2.05) is 24.3 Å². The summed E-state index contributed by atoms with van der Waals surface area (Å²) >= 11 is 5.80. The molecule has 0 saturated heterocycles. The molecule has 1 atom stereocenters. The average Bonchev–Trinajstić information content (AvgIpc) is 2.45. The number of rotatable bonds is 4. The Morgan fingerprint density at radius 3 is 2.60 bits per heavy atom. The van der Waals surface area contributed by atoms with Gasteiger partial charge in [0.1, 0.15) is 6.61 Å². The number of halogens is 1. The Hall–Kier alpha value is -2.00. The van der Waals surface area contributed by atoms with Crippen LogP contribution in [0.2, 0.25) is 5.02 Å². The van der Waals surface area contributed by atoms with Crippen LogP contribution in [0, 0.1) is 0 Å². The zero-order valence-electron chi connectivity index (χ0n) is 11.2. The van der Waals surface area contributed by atoms with Crippen LogP contribution in [0.3, 0.4) is 0 Å². The third-order valence-corrected chi connectivity index (χ3v) is 3.31. The minimum absolute atomic E-state index is 0.239. The summed E-state index contributed by atoms with van der Waals surface area (Å²) in [5, 5.41) is 0.660. The maximum atomic E-state index is 12.0. The molecule has 0 heterocycles. The summed E-state index contributed by atoms with van der Waals surface area (Å²) in [6, 6.07) is 14.5. The second-order valence-electron chi connectivity index (χ2n) is 4.63. The molecule has 0 radical (unpaired) electrons. The average molecular weight is 290 g/mol. The van der Waals surface area contributed by atoms with Crippen LogP contribution in [-0.2, 0) is 16.1 Å². The number of hydrogen-bond donors (Lipinski definition) is 1. The van der Waals surface area contributed by atoms with Crippen molar-refractivity contribution in [3.63, 3.8) is 0 Å². The molecule has 2 aromatic rings. The molecule has 0 aliphatic carbocycles. The van der Waals surface area contributed by atoms with Gasteiger partial charge in [-0.2, -0.15) is 0 Å². The summed E-state index contributed by atoms with van der Waals surface area (Å²) in [7, 11) is 0. The lowest BCUT2D eigenvalue weighted by Crippen LogP contribution is -2.13. The van der Waals surface area contributed by atoms with Gasteiger partial charge < -0.3 is 10.5 Å². The molecule has 0 fully saturated rings. The minimum Gasteiger partial charge on any atom is -0.460 e. The van der Waals surface area contributed by atoms with Crippen molar-refractivity contribution in [1.82, 2.24) is 0 Å². The van der Waals surface area contributed by atoms with Crippen molar-refractivity contribution in [2.45, 2.75) is 19.4 Å². The molecule has 0 aliphatic rings. The predicted molar refractivity (Wildman–Crippen MR) is 80.5 cm³/mol. The van der Waals surface area contributed by atoms with Crippen molar-refractivity contribution in [3.05, 3.63) is 64.7 Å². The molecule has 104 valence electrons. The van der Waals surface area contributed by atoms with Gasteiger partial charge in [-0.1, -0.05) is 35.9 Å². The molecule has 4 heteroatoms. The second-order valence-corrected chi connectivity index (χ2v) is 5.06. The Balaban J connectivity index is 1.96. The number of benzene rings is 2. The van der Waals surface area contributed by atoms with Crippen molar-refractivity contribution in [2.75, 3.05) is 5.73 Å². The third kappa shape index (κ3) is 3.75. The number of esters is 1. The van der Waals surface area contributed by atoms with Crippen molar-refractivity contribution in [1.29, 1.82) is 0 Å². The number of carbonyl (C=O) groups is 1. The van der Waals surface area contributed by atoms with Crippen molar-refractivity contribution >= 4 is 23.3 Å². The summed E-state index contributed by atoms with van der Waals surface area (Å²) < 4.78 is 5.30. The fourth-order valence-electron chi connectivity index (χ4n) is 1.82. The lowest BCUT2D eigenvalue weighted by atomic mass is 10.0. The van der Waals surface area contributed by atoms with Crippen LogP contribution in [0.1, 0.15) is 24.0 Å². The number of hydrogen-bond acceptors (Lipinski definition) is 3. The molecule has 2 N–H and O–H groups in total. The van der Waals surface area contributed by atoms with Gasteiger partial charge in [-0.25, -0.2) is 0 Å². The highest BCUT2D eigenvalue weighted by atomic mass is 35.5. The molecule has 0 bridgehead atoms. The first-order valence-corrected chi connectivity index (χ1v) is 6.70. The van der Waals surface area contributed by atoms with E-state index in [4.69, 9.17) is 22.1 Å². The molecule has 0 aliphatic heterocycles. The Labute approximate surface area is 123 Å². The van der Waals surface area contributed by atoms with Gasteiger partial charge in [0, 0.05) is 10.7 Å². The number of nitrogen functional groups attached to an aromatic ring is 1. The number of nitrogens with two attached hydrogens (primary N) is 1. The van der Waals surface area contributed by atoms with E-state index in [1.165, 1.54) is 0 Å². The first-order valence-electron chi connectivity index (χ1n) is 6.33. The van der Waals surface area contributed by atoms with Gasteiger partial charge in [0.25, 0.3) is 0 Å². The van der Waals surface area contributed by atoms with Crippen LogP contribution in [0.5, 0.6) is 0 Å². The zero-order valence-corrected chi connectivity index (χ0v) is 11.9. The highest BCUT2D eigenvalue weighted by Crippen LogP contribution is 2.20. The Kier molecular flexibility index (Phi) is 4.64. The monoisotopic (exact) mass is 289 g/mol. The summed E-state index contributed by atoms with van der Waals surface area (Å²) in [5.41, 5.74) is 8.11.